The Morgan fingerprint density at radius 3 is 2.41 bits per heavy atom. The Morgan fingerprint density at radius 1 is 1.24 bits per heavy atom. The second-order valence-corrected chi connectivity index (χ2v) is 4.34. The molecule has 17 heavy (non-hydrogen) atoms. The van der Waals surface area contributed by atoms with E-state index in [2.05, 4.69) is 62.6 Å². The Balaban J connectivity index is 2.67. The summed E-state index contributed by atoms with van der Waals surface area (Å²) in [6, 6.07) is 10.5. The van der Waals surface area contributed by atoms with Crippen molar-refractivity contribution in [2.45, 2.75) is 27.2 Å². The number of nitrogens with zero attached hydrogens (tertiary/aromatic N) is 1. The zero-order valence-corrected chi connectivity index (χ0v) is 11.2. The highest BCUT2D eigenvalue weighted by atomic mass is 15.1. The van der Waals surface area contributed by atoms with E-state index in [1.54, 1.807) is 0 Å². The van der Waals surface area contributed by atoms with E-state index in [1.807, 2.05) is 6.07 Å². The first-order valence-corrected chi connectivity index (χ1v) is 6.32. The molecule has 92 valence electrons. The summed E-state index contributed by atoms with van der Waals surface area (Å²) in [5, 5.41) is 0. The molecule has 1 aromatic carbocycles. The highest BCUT2D eigenvalue weighted by Gasteiger charge is 2.03. The molecule has 0 aliphatic carbocycles. The molecule has 0 atom stereocenters. The fourth-order valence-corrected chi connectivity index (χ4v) is 1.85. The Labute approximate surface area is 105 Å². The van der Waals surface area contributed by atoms with Crippen LogP contribution in [0.2, 0.25) is 0 Å². The van der Waals surface area contributed by atoms with Crippen molar-refractivity contribution in [2.24, 2.45) is 0 Å². The van der Waals surface area contributed by atoms with Gasteiger partial charge in [0.05, 0.1) is 0 Å². The number of likely N-dealkylation sites (N-methyl/N-ethyl adjacent to an activating group) is 1. The van der Waals surface area contributed by atoms with Crippen LogP contribution in [0, 0.1) is 0 Å². The molecule has 0 fully saturated rings. The first-order valence-electron chi connectivity index (χ1n) is 6.32. The van der Waals surface area contributed by atoms with Gasteiger partial charge in [-0.1, -0.05) is 55.5 Å². The molecule has 0 aliphatic rings. The number of hydrogen-bond acceptors (Lipinski definition) is 1. The summed E-state index contributed by atoms with van der Waals surface area (Å²) in [7, 11) is 0. The van der Waals surface area contributed by atoms with Crippen molar-refractivity contribution < 1.29 is 0 Å². The van der Waals surface area contributed by atoms with E-state index in [9.17, 15) is 0 Å². The molecule has 0 amide bonds. The first-order chi connectivity index (χ1) is 8.17. The smallest absolute Gasteiger partial charge is 0.0386 e. The van der Waals surface area contributed by atoms with Crippen molar-refractivity contribution in [1.29, 1.82) is 0 Å². The fraction of sp³-hybridized carbons (Fsp3) is 0.375. The van der Waals surface area contributed by atoms with Gasteiger partial charge in [0.1, 0.15) is 0 Å². The Hall–Kier alpha value is -1.50. The van der Waals surface area contributed by atoms with Crippen molar-refractivity contribution in [2.75, 3.05) is 13.1 Å². The Morgan fingerprint density at radius 2 is 1.88 bits per heavy atom. The average molecular weight is 229 g/mol. The molecule has 0 N–H and O–H groups in total. The lowest BCUT2D eigenvalue weighted by Crippen LogP contribution is -2.23. The first kappa shape index (κ1) is 13.6. The van der Waals surface area contributed by atoms with E-state index in [0.29, 0.717) is 0 Å². The summed E-state index contributed by atoms with van der Waals surface area (Å²) in [6.07, 6.45) is 3.26. The third kappa shape index (κ3) is 4.48. The van der Waals surface area contributed by atoms with E-state index >= 15 is 0 Å². The second-order valence-electron chi connectivity index (χ2n) is 4.34. The molecule has 0 saturated carbocycles. The molecule has 0 spiro atoms. The van der Waals surface area contributed by atoms with E-state index in [0.717, 1.165) is 19.5 Å². The van der Waals surface area contributed by atoms with Crippen LogP contribution in [0.3, 0.4) is 0 Å². The quantitative estimate of drug-likeness (QED) is 0.701. The maximum atomic E-state index is 4.10. The Bertz CT molecular complexity index is 376. The SMILES string of the molecule is C=C(CC)N(CC)C/C(C)=C/c1ccccc1. The summed E-state index contributed by atoms with van der Waals surface area (Å²) in [5.41, 5.74) is 3.85. The van der Waals surface area contributed by atoms with Gasteiger partial charge in [0.15, 0.2) is 0 Å². The van der Waals surface area contributed by atoms with Gasteiger partial charge in [-0.25, -0.2) is 0 Å². The van der Waals surface area contributed by atoms with Crippen molar-refractivity contribution in [3.05, 3.63) is 53.7 Å². The maximum absolute atomic E-state index is 4.10. The van der Waals surface area contributed by atoms with Gasteiger partial charge in [0.25, 0.3) is 0 Å². The highest BCUT2D eigenvalue weighted by molar-refractivity contribution is 5.52. The van der Waals surface area contributed by atoms with Gasteiger partial charge in [-0.3, -0.25) is 0 Å². The number of allylic oxidation sites excluding steroid dienone is 1. The molecule has 0 unspecified atom stereocenters. The highest BCUT2D eigenvalue weighted by Crippen LogP contribution is 2.12. The van der Waals surface area contributed by atoms with Crippen molar-refractivity contribution in [3.63, 3.8) is 0 Å². The third-order valence-corrected chi connectivity index (χ3v) is 2.89. The van der Waals surface area contributed by atoms with Crippen molar-refractivity contribution in [1.82, 2.24) is 4.90 Å². The summed E-state index contributed by atoms with van der Waals surface area (Å²) < 4.78 is 0. The van der Waals surface area contributed by atoms with E-state index in [1.165, 1.54) is 16.8 Å². The zero-order chi connectivity index (χ0) is 12.7. The average Bonchev–Trinajstić information content (AvgIpc) is 2.36. The van der Waals surface area contributed by atoms with Crippen LogP contribution >= 0.6 is 0 Å². The van der Waals surface area contributed by atoms with Crippen LogP contribution in [0.25, 0.3) is 6.08 Å². The van der Waals surface area contributed by atoms with Gasteiger partial charge < -0.3 is 4.90 Å². The minimum atomic E-state index is 0.970. The summed E-state index contributed by atoms with van der Waals surface area (Å²) >= 11 is 0. The Kier molecular flexibility index (Phi) is 5.55. The molecule has 0 saturated heterocycles. The van der Waals surface area contributed by atoms with E-state index in [4.69, 9.17) is 0 Å². The zero-order valence-electron chi connectivity index (χ0n) is 11.2. The molecular weight excluding hydrogens is 206 g/mol. The molecule has 0 radical (unpaired) electrons. The molecule has 0 heterocycles. The number of benzene rings is 1. The lowest BCUT2D eigenvalue weighted by atomic mass is 10.1. The van der Waals surface area contributed by atoms with Crippen LogP contribution in [0.1, 0.15) is 32.8 Å². The molecule has 1 rings (SSSR count). The predicted molar refractivity (Wildman–Crippen MR) is 76.8 cm³/mol. The largest absolute Gasteiger partial charge is 0.372 e. The standard InChI is InChI=1S/C16H23N/c1-5-15(4)17(6-2)13-14(3)12-16-10-8-7-9-11-16/h7-12H,4-6,13H2,1-3H3/b14-12+. The summed E-state index contributed by atoms with van der Waals surface area (Å²) in [5.74, 6) is 0. The molecule has 0 aliphatic heterocycles. The normalized spacial score (nSPS) is 11.4. The van der Waals surface area contributed by atoms with Crippen molar-refractivity contribution in [3.8, 4) is 0 Å². The number of rotatable bonds is 6. The lowest BCUT2D eigenvalue weighted by molar-refractivity contribution is 0.384. The molecule has 0 aromatic heterocycles. The van der Waals surface area contributed by atoms with Gasteiger partial charge in [-0.05, 0) is 25.8 Å². The summed E-state index contributed by atoms with van der Waals surface area (Å²) in [6.45, 7) is 12.6. The number of hydrogen-bond donors (Lipinski definition) is 0. The monoisotopic (exact) mass is 229 g/mol. The molecular formula is C16H23N. The second kappa shape index (κ2) is 6.95. The van der Waals surface area contributed by atoms with Crippen LogP contribution in [0.5, 0.6) is 0 Å². The van der Waals surface area contributed by atoms with Crippen LogP contribution in [-0.2, 0) is 0 Å². The van der Waals surface area contributed by atoms with Crippen LogP contribution in [0.15, 0.2) is 48.2 Å². The van der Waals surface area contributed by atoms with Crippen molar-refractivity contribution >= 4 is 6.08 Å². The van der Waals surface area contributed by atoms with E-state index < -0.39 is 0 Å². The van der Waals surface area contributed by atoms with Gasteiger partial charge in [-0.2, -0.15) is 0 Å². The molecule has 1 aromatic rings. The minimum absolute atomic E-state index is 0.970. The summed E-state index contributed by atoms with van der Waals surface area (Å²) in [4.78, 5) is 2.33. The maximum Gasteiger partial charge on any atom is 0.0386 e. The van der Waals surface area contributed by atoms with Crippen LogP contribution in [0.4, 0.5) is 0 Å². The van der Waals surface area contributed by atoms with Crippen LogP contribution in [-0.4, -0.2) is 18.0 Å². The van der Waals surface area contributed by atoms with E-state index in [-0.39, 0.29) is 0 Å². The fourth-order valence-electron chi connectivity index (χ4n) is 1.85. The lowest BCUT2D eigenvalue weighted by Gasteiger charge is -2.25. The van der Waals surface area contributed by atoms with Gasteiger partial charge in [0.2, 0.25) is 0 Å². The van der Waals surface area contributed by atoms with Gasteiger partial charge >= 0.3 is 0 Å². The van der Waals surface area contributed by atoms with Gasteiger partial charge in [-0.15, -0.1) is 0 Å². The minimum Gasteiger partial charge on any atom is -0.372 e. The molecule has 0 bridgehead atoms. The molecule has 1 heteroatoms. The van der Waals surface area contributed by atoms with Crippen LogP contribution < -0.4 is 0 Å². The molecule has 1 nitrogen and oxygen atoms in total. The van der Waals surface area contributed by atoms with Gasteiger partial charge in [0, 0.05) is 18.8 Å². The predicted octanol–water partition coefficient (Wildman–Crippen LogP) is 4.34. The topological polar surface area (TPSA) is 3.24 Å². The third-order valence-electron chi connectivity index (χ3n) is 2.89.